The normalized spacial score (nSPS) is 16.0. The number of anilines is 5. The molecule has 8 rings (SSSR count). The standard InChI is InChI=1S/C46H53BrFN10O6P/c1-6-28-22-33(54-45-51-25-31(47)43(56-45)53-34-23-32(48)41-30(9-7-26(2)52-41)42(34)65(4,5)62)38(63-3)24-37(28)57-19-14-29(15-20-57)50-18-17-49-16-13-27-8-10-35-39(21-27)64-46(61)58(35)36-11-12-40(59)55-44(36)60/h7-10,21-25,29,36,49-50H,6,11-20H2,1-5H3,(H,55,59,60)(H2,51,53,54,56). The molecule has 2 saturated heterocycles. The van der Waals surface area contributed by atoms with E-state index in [1.165, 1.54) is 10.6 Å². The molecule has 3 aromatic carbocycles. The number of rotatable bonds is 16. The third kappa shape index (κ3) is 10.1. The zero-order valence-electron chi connectivity index (χ0n) is 37.0. The van der Waals surface area contributed by atoms with Gasteiger partial charge in [0, 0.05) is 79.0 Å². The first-order valence-corrected chi connectivity index (χ1v) is 25.2. The molecule has 65 heavy (non-hydrogen) atoms. The number of nitrogens with one attached hydrogen (secondary N) is 5. The molecule has 1 atom stereocenters. The summed E-state index contributed by atoms with van der Waals surface area (Å²) >= 11 is 3.53. The minimum atomic E-state index is -2.92. The Balaban J connectivity index is 0.845. The van der Waals surface area contributed by atoms with Gasteiger partial charge in [0.25, 0.3) is 0 Å². The van der Waals surface area contributed by atoms with Crippen molar-refractivity contribution in [3.8, 4) is 5.75 Å². The molecular formula is C46H53BrFN10O6P. The quantitative estimate of drug-likeness (QED) is 0.0385. The van der Waals surface area contributed by atoms with Gasteiger partial charge >= 0.3 is 5.76 Å². The number of benzene rings is 3. The number of ether oxygens (including phenoxy) is 1. The lowest BCUT2D eigenvalue weighted by atomic mass is 10.0. The van der Waals surface area contributed by atoms with Crippen molar-refractivity contribution < 1.29 is 27.7 Å². The second-order valence-electron chi connectivity index (χ2n) is 16.9. The fourth-order valence-electron chi connectivity index (χ4n) is 8.74. The second-order valence-corrected chi connectivity index (χ2v) is 20.9. The second kappa shape index (κ2) is 19.4. The van der Waals surface area contributed by atoms with Gasteiger partial charge in [-0.25, -0.2) is 14.2 Å². The lowest BCUT2D eigenvalue weighted by Gasteiger charge is -2.35. The van der Waals surface area contributed by atoms with Crippen LogP contribution in [0.4, 0.5) is 33.2 Å². The average molecular weight is 972 g/mol. The minimum Gasteiger partial charge on any atom is -0.494 e. The highest BCUT2D eigenvalue weighted by Gasteiger charge is 2.31. The maximum absolute atomic E-state index is 15.4. The van der Waals surface area contributed by atoms with E-state index in [-0.39, 0.29) is 30.2 Å². The summed E-state index contributed by atoms with van der Waals surface area (Å²) in [6.07, 6.45) is 5.55. The number of carbonyl (C=O) groups is 2. The Hall–Kier alpha value is -5.68. The van der Waals surface area contributed by atoms with Gasteiger partial charge in [-0.05, 0) is 110 Å². The van der Waals surface area contributed by atoms with Gasteiger partial charge in [0.2, 0.25) is 17.8 Å². The van der Waals surface area contributed by atoms with Gasteiger partial charge < -0.3 is 39.9 Å². The number of halogens is 2. The van der Waals surface area contributed by atoms with Gasteiger partial charge in [-0.1, -0.05) is 19.1 Å². The Bertz CT molecular complexity index is 2890. The number of piperidine rings is 2. The summed E-state index contributed by atoms with van der Waals surface area (Å²) in [6, 6.07) is 14.2. The maximum atomic E-state index is 15.4. The number of imide groups is 1. The number of methoxy groups -OCH3 is 1. The summed E-state index contributed by atoms with van der Waals surface area (Å²) in [5.41, 5.74) is 6.13. The summed E-state index contributed by atoms with van der Waals surface area (Å²) in [6.45, 7) is 11.4. The van der Waals surface area contributed by atoms with E-state index in [0.29, 0.717) is 60.9 Å². The molecule has 2 aliphatic rings. The van der Waals surface area contributed by atoms with Crippen molar-refractivity contribution in [3.63, 3.8) is 0 Å². The zero-order chi connectivity index (χ0) is 46.0. The molecule has 0 radical (unpaired) electrons. The predicted octanol–water partition coefficient (Wildman–Crippen LogP) is 6.82. The highest BCUT2D eigenvalue weighted by Crippen LogP contribution is 2.43. The molecule has 342 valence electrons. The number of pyridine rings is 1. The lowest BCUT2D eigenvalue weighted by Crippen LogP contribution is -2.44. The largest absolute Gasteiger partial charge is 0.494 e. The number of fused-ring (bicyclic) bond motifs is 2. The lowest BCUT2D eigenvalue weighted by molar-refractivity contribution is -0.135. The van der Waals surface area contributed by atoms with E-state index in [1.54, 1.807) is 51.8 Å². The van der Waals surface area contributed by atoms with Crippen LogP contribution in [0.15, 0.2) is 68.4 Å². The molecule has 2 aliphatic heterocycles. The van der Waals surface area contributed by atoms with E-state index in [1.807, 2.05) is 12.1 Å². The molecule has 16 nitrogen and oxygen atoms in total. The smallest absolute Gasteiger partial charge is 0.420 e. The summed E-state index contributed by atoms with van der Waals surface area (Å²) in [5, 5.41) is 17.1. The fourth-order valence-corrected chi connectivity index (χ4v) is 10.5. The summed E-state index contributed by atoms with van der Waals surface area (Å²) in [4.78, 5) is 52.7. The molecule has 19 heteroatoms. The van der Waals surface area contributed by atoms with Crippen LogP contribution in [0.5, 0.6) is 5.75 Å². The van der Waals surface area contributed by atoms with Crippen LogP contribution < -0.4 is 47.3 Å². The highest BCUT2D eigenvalue weighted by molar-refractivity contribution is 9.10. The number of aryl methyl sites for hydroxylation is 2. The van der Waals surface area contributed by atoms with E-state index < -0.39 is 30.7 Å². The van der Waals surface area contributed by atoms with E-state index in [9.17, 15) is 18.9 Å². The van der Waals surface area contributed by atoms with Crippen molar-refractivity contribution in [2.75, 3.05) is 68.7 Å². The van der Waals surface area contributed by atoms with Gasteiger partial charge in [0.1, 0.15) is 30.3 Å². The van der Waals surface area contributed by atoms with Crippen LogP contribution in [-0.4, -0.2) is 90.5 Å². The molecule has 0 aliphatic carbocycles. The van der Waals surface area contributed by atoms with Crippen LogP contribution >= 0.6 is 23.1 Å². The van der Waals surface area contributed by atoms with Crippen molar-refractivity contribution in [2.24, 2.45) is 0 Å². The fraction of sp³-hybridized carbons (Fsp3) is 0.391. The van der Waals surface area contributed by atoms with Crippen LogP contribution in [0.1, 0.15) is 55.5 Å². The highest BCUT2D eigenvalue weighted by atomic mass is 79.9. The minimum absolute atomic E-state index is 0.176. The van der Waals surface area contributed by atoms with Crippen molar-refractivity contribution in [3.05, 3.63) is 92.4 Å². The topological polar surface area (TPSA) is 198 Å². The number of aromatic nitrogens is 4. The Morgan fingerprint density at radius 1 is 0.985 bits per heavy atom. The molecule has 1 unspecified atom stereocenters. The maximum Gasteiger partial charge on any atom is 0.420 e. The predicted molar refractivity (Wildman–Crippen MR) is 256 cm³/mol. The number of oxazole rings is 1. The Kier molecular flexibility index (Phi) is 13.7. The molecule has 5 N–H and O–H groups in total. The first-order valence-electron chi connectivity index (χ1n) is 21.8. The first-order chi connectivity index (χ1) is 31.2. The molecule has 0 bridgehead atoms. The van der Waals surface area contributed by atoms with Crippen molar-refractivity contribution in [1.29, 1.82) is 0 Å². The number of hydrogen-bond donors (Lipinski definition) is 5. The van der Waals surface area contributed by atoms with Crippen LogP contribution in [0.25, 0.3) is 22.0 Å². The molecule has 5 heterocycles. The molecule has 2 fully saturated rings. The van der Waals surface area contributed by atoms with Crippen molar-refractivity contribution in [2.45, 2.75) is 64.5 Å². The Morgan fingerprint density at radius 2 is 1.78 bits per heavy atom. The Labute approximate surface area is 384 Å². The zero-order valence-corrected chi connectivity index (χ0v) is 39.5. The summed E-state index contributed by atoms with van der Waals surface area (Å²) < 4.78 is 42.3. The van der Waals surface area contributed by atoms with Crippen LogP contribution in [0.2, 0.25) is 0 Å². The van der Waals surface area contributed by atoms with E-state index in [4.69, 9.17) is 14.1 Å². The van der Waals surface area contributed by atoms with E-state index in [0.717, 1.165) is 75.2 Å². The van der Waals surface area contributed by atoms with Gasteiger partial charge in [-0.15, -0.1) is 0 Å². The first kappa shape index (κ1) is 45.9. The van der Waals surface area contributed by atoms with Gasteiger partial charge in [0.15, 0.2) is 11.4 Å². The average Bonchev–Trinajstić information content (AvgIpc) is 3.60. The molecule has 6 aromatic rings. The third-order valence-corrected chi connectivity index (χ3v) is 14.1. The third-order valence-electron chi connectivity index (χ3n) is 12.0. The number of carbonyl (C=O) groups excluding carboxylic acids is 2. The van der Waals surface area contributed by atoms with E-state index in [2.05, 4.69) is 76.4 Å². The summed E-state index contributed by atoms with van der Waals surface area (Å²) in [7, 11) is -1.28. The summed E-state index contributed by atoms with van der Waals surface area (Å²) in [5.74, 6) is -0.663. The molecule has 0 spiro atoms. The Morgan fingerprint density at radius 3 is 2.52 bits per heavy atom. The van der Waals surface area contributed by atoms with Crippen molar-refractivity contribution in [1.82, 2.24) is 35.5 Å². The molecular weight excluding hydrogens is 918 g/mol. The van der Waals surface area contributed by atoms with Crippen LogP contribution in [0, 0.1) is 12.7 Å². The molecule has 3 aromatic heterocycles. The molecule has 0 saturated carbocycles. The molecule has 2 amide bonds. The van der Waals surface area contributed by atoms with Gasteiger partial charge in [-0.2, -0.15) is 4.98 Å². The van der Waals surface area contributed by atoms with Gasteiger partial charge in [0.05, 0.1) is 28.5 Å². The number of hydrogen-bond acceptors (Lipinski definition) is 14. The van der Waals surface area contributed by atoms with Gasteiger partial charge in [-0.3, -0.25) is 24.5 Å². The van der Waals surface area contributed by atoms with Crippen LogP contribution in [0.3, 0.4) is 0 Å². The number of amides is 2. The van der Waals surface area contributed by atoms with Crippen LogP contribution in [-0.2, 0) is 27.0 Å². The monoisotopic (exact) mass is 970 g/mol. The van der Waals surface area contributed by atoms with E-state index >= 15 is 4.39 Å². The van der Waals surface area contributed by atoms with Crippen molar-refractivity contribution >= 4 is 91.0 Å². The number of nitrogens with zero attached hydrogens (tertiary/aromatic N) is 5. The SMILES string of the molecule is CCc1cc(Nc2ncc(Br)c(Nc3cc(F)c4nc(C)ccc4c3P(C)(C)=O)n2)c(OC)cc1N1CCC(NCCNCCc2ccc3c(c2)oc(=O)n3C2CCC(=O)NC2=O)CC1.